The highest BCUT2D eigenvalue weighted by atomic mass is 35.5. The van der Waals surface area contributed by atoms with E-state index in [0.29, 0.717) is 0 Å². The maximum absolute atomic E-state index is 12.2. The molecule has 0 atom stereocenters. The lowest BCUT2D eigenvalue weighted by atomic mass is 10.1. The number of carbonyl (C=O) groups is 1. The molecule has 0 spiro atoms. The van der Waals surface area contributed by atoms with Crippen molar-refractivity contribution in [2.45, 2.75) is 0 Å². The molecule has 0 aliphatic rings. The molecule has 2 aromatic carbocycles. The SMILES string of the molecule is N#C/C(=C\c1cc(O)c(O)c([N+](=O)[O-])c1)C(=O)Nc1ccccc1Cl. The molecular weight excluding hydrogens is 350 g/mol. The number of nitrogens with zero attached hydrogens (tertiary/aromatic N) is 2. The Morgan fingerprint density at radius 2 is 2.00 bits per heavy atom. The van der Waals surface area contributed by atoms with E-state index in [2.05, 4.69) is 5.32 Å². The van der Waals surface area contributed by atoms with Crippen molar-refractivity contribution in [3.05, 3.63) is 62.7 Å². The molecule has 0 aromatic heterocycles. The number of phenolic OH excluding ortho intramolecular Hbond substituents is 2. The van der Waals surface area contributed by atoms with Crippen LogP contribution in [0.25, 0.3) is 6.08 Å². The zero-order valence-electron chi connectivity index (χ0n) is 12.4. The van der Waals surface area contributed by atoms with Crippen molar-refractivity contribution < 1.29 is 19.9 Å². The van der Waals surface area contributed by atoms with Crippen LogP contribution in [-0.2, 0) is 4.79 Å². The number of para-hydroxylation sites is 1. The maximum atomic E-state index is 12.2. The molecule has 0 unspecified atom stereocenters. The zero-order chi connectivity index (χ0) is 18.6. The Morgan fingerprint density at radius 3 is 2.60 bits per heavy atom. The summed E-state index contributed by atoms with van der Waals surface area (Å²) in [7, 11) is 0. The lowest BCUT2D eigenvalue weighted by Crippen LogP contribution is -2.13. The van der Waals surface area contributed by atoms with Gasteiger partial charge < -0.3 is 15.5 Å². The van der Waals surface area contributed by atoms with Gasteiger partial charge in [-0.1, -0.05) is 23.7 Å². The van der Waals surface area contributed by atoms with E-state index in [9.17, 15) is 25.1 Å². The molecule has 0 heterocycles. The molecule has 8 nitrogen and oxygen atoms in total. The van der Waals surface area contributed by atoms with Gasteiger partial charge in [-0.2, -0.15) is 5.26 Å². The van der Waals surface area contributed by atoms with Crippen LogP contribution < -0.4 is 5.32 Å². The van der Waals surface area contributed by atoms with E-state index in [0.717, 1.165) is 18.2 Å². The number of anilines is 1. The molecule has 25 heavy (non-hydrogen) atoms. The van der Waals surface area contributed by atoms with Gasteiger partial charge in [0, 0.05) is 6.07 Å². The molecule has 0 radical (unpaired) electrons. The minimum Gasteiger partial charge on any atom is -0.504 e. The zero-order valence-corrected chi connectivity index (χ0v) is 13.2. The lowest BCUT2D eigenvalue weighted by molar-refractivity contribution is -0.386. The summed E-state index contributed by atoms with van der Waals surface area (Å²) in [5, 5.41) is 41.7. The number of halogens is 1. The lowest BCUT2D eigenvalue weighted by Gasteiger charge is -2.06. The predicted molar refractivity (Wildman–Crippen MR) is 90.1 cm³/mol. The molecule has 0 bridgehead atoms. The van der Waals surface area contributed by atoms with Crippen molar-refractivity contribution in [2.24, 2.45) is 0 Å². The number of nitro benzene ring substituents is 1. The molecule has 0 aliphatic heterocycles. The van der Waals surface area contributed by atoms with Crippen molar-refractivity contribution >= 4 is 35.0 Å². The number of amides is 1. The van der Waals surface area contributed by atoms with Crippen molar-refractivity contribution in [2.75, 3.05) is 5.32 Å². The fraction of sp³-hybridized carbons (Fsp3) is 0. The normalized spacial score (nSPS) is 10.8. The quantitative estimate of drug-likeness (QED) is 0.252. The minimum atomic E-state index is -0.902. The van der Waals surface area contributed by atoms with Gasteiger partial charge in [-0.15, -0.1) is 0 Å². The molecule has 3 N–H and O–H groups in total. The van der Waals surface area contributed by atoms with E-state index in [1.807, 2.05) is 0 Å². The molecule has 126 valence electrons. The number of hydrogen-bond acceptors (Lipinski definition) is 6. The van der Waals surface area contributed by atoms with Crippen molar-refractivity contribution in [3.63, 3.8) is 0 Å². The molecule has 0 fully saturated rings. The first-order valence-corrected chi connectivity index (χ1v) is 7.09. The Balaban J connectivity index is 2.38. The van der Waals surface area contributed by atoms with Crippen LogP contribution in [0.1, 0.15) is 5.56 Å². The Hall–Kier alpha value is -3.57. The highest BCUT2D eigenvalue weighted by Crippen LogP contribution is 2.36. The van der Waals surface area contributed by atoms with Crippen LogP contribution in [-0.4, -0.2) is 21.0 Å². The molecule has 0 saturated heterocycles. The summed E-state index contributed by atoms with van der Waals surface area (Å²) >= 11 is 5.92. The molecule has 9 heteroatoms. The number of phenols is 2. The first kappa shape index (κ1) is 17.8. The van der Waals surface area contributed by atoms with Crippen molar-refractivity contribution in [3.8, 4) is 17.6 Å². The number of aromatic hydroxyl groups is 2. The highest BCUT2D eigenvalue weighted by molar-refractivity contribution is 6.34. The van der Waals surface area contributed by atoms with Crippen LogP contribution in [0.4, 0.5) is 11.4 Å². The minimum absolute atomic E-state index is 0.00661. The second kappa shape index (κ2) is 7.33. The fourth-order valence-corrected chi connectivity index (χ4v) is 2.10. The summed E-state index contributed by atoms with van der Waals surface area (Å²) in [6, 6.07) is 9.96. The van der Waals surface area contributed by atoms with Crippen LogP contribution >= 0.6 is 11.6 Å². The molecule has 2 rings (SSSR count). The summed E-state index contributed by atoms with van der Waals surface area (Å²) < 4.78 is 0. The summed E-state index contributed by atoms with van der Waals surface area (Å²) in [6.45, 7) is 0. The molecule has 2 aromatic rings. The van der Waals surface area contributed by atoms with Crippen molar-refractivity contribution in [1.82, 2.24) is 0 Å². The van der Waals surface area contributed by atoms with E-state index in [4.69, 9.17) is 16.9 Å². The third-order valence-electron chi connectivity index (χ3n) is 3.09. The maximum Gasteiger partial charge on any atom is 0.315 e. The smallest absolute Gasteiger partial charge is 0.315 e. The van der Waals surface area contributed by atoms with Gasteiger partial charge >= 0.3 is 5.69 Å². The van der Waals surface area contributed by atoms with E-state index in [1.54, 1.807) is 24.3 Å². The standard InChI is InChI=1S/C16H10ClN3O5/c17-11-3-1-2-4-12(11)19-16(23)10(8-18)5-9-6-13(20(24)25)15(22)14(21)7-9/h1-7,21-22H,(H,19,23)/b10-5+. The Labute approximate surface area is 146 Å². The first-order chi connectivity index (χ1) is 11.8. The fourth-order valence-electron chi connectivity index (χ4n) is 1.92. The number of rotatable bonds is 4. The van der Waals surface area contributed by atoms with E-state index in [-0.39, 0.29) is 21.8 Å². The van der Waals surface area contributed by atoms with Crippen LogP contribution in [0.2, 0.25) is 5.02 Å². The Kier molecular flexibility index (Phi) is 5.22. The summed E-state index contributed by atoms with van der Waals surface area (Å²) in [6.07, 6.45) is 1.04. The number of carbonyl (C=O) groups excluding carboxylic acids is 1. The largest absolute Gasteiger partial charge is 0.504 e. The molecule has 0 saturated carbocycles. The average molecular weight is 360 g/mol. The van der Waals surface area contributed by atoms with Crippen LogP contribution in [0, 0.1) is 21.4 Å². The number of nitrogens with one attached hydrogen (secondary N) is 1. The summed E-state index contributed by atoms with van der Waals surface area (Å²) in [5.74, 6) is -2.43. The van der Waals surface area contributed by atoms with Gasteiger partial charge in [-0.3, -0.25) is 14.9 Å². The number of hydrogen-bond donors (Lipinski definition) is 3. The third-order valence-corrected chi connectivity index (χ3v) is 3.42. The number of nitro groups is 1. The van der Waals surface area contributed by atoms with E-state index < -0.39 is 28.0 Å². The predicted octanol–water partition coefficient (Wildman–Crippen LogP) is 3.21. The topological polar surface area (TPSA) is 136 Å². The first-order valence-electron chi connectivity index (χ1n) is 6.71. The van der Waals surface area contributed by atoms with Gasteiger partial charge in [0.25, 0.3) is 5.91 Å². The highest BCUT2D eigenvalue weighted by Gasteiger charge is 2.19. The Bertz CT molecular complexity index is 934. The van der Waals surface area contributed by atoms with E-state index in [1.165, 1.54) is 6.07 Å². The van der Waals surface area contributed by atoms with Crippen molar-refractivity contribution in [1.29, 1.82) is 5.26 Å². The Morgan fingerprint density at radius 1 is 1.32 bits per heavy atom. The second-order valence-electron chi connectivity index (χ2n) is 4.77. The molecule has 1 amide bonds. The molecule has 0 aliphatic carbocycles. The monoisotopic (exact) mass is 359 g/mol. The van der Waals surface area contributed by atoms with Gasteiger partial charge in [0.1, 0.15) is 11.6 Å². The van der Waals surface area contributed by atoms with Gasteiger partial charge in [0.05, 0.1) is 15.6 Å². The van der Waals surface area contributed by atoms with Gasteiger partial charge in [-0.05, 0) is 29.8 Å². The van der Waals surface area contributed by atoms with Gasteiger partial charge in [-0.25, -0.2) is 0 Å². The second-order valence-corrected chi connectivity index (χ2v) is 5.18. The molecular formula is C16H10ClN3O5. The number of nitriles is 1. The number of benzene rings is 2. The third kappa shape index (κ3) is 4.04. The summed E-state index contributed by atoms with van der Waals surface area (Å²) in [5.41, 5.74) is -0.850. The van der Waals surface area contributed by atoms with Gasteiger partial charge in [0.2, 0.25) is 5.75 Å². The van der Waals surface area contributed by atoms with Crippen LogP contribution in [0.5, 0.6) is 11.5 Å². The van der Waals surface area contributed by atoms with Crippen LogP contribution in [0.3, 0.4) is 0 Å². The van der Waals surface area contributed by atoms with Gasteiger partial charge in [0.15, 0.2) is 5.75 Å². The van der Waals surface area contributed by atoms with Crippen LogP contribution in [0.15, 0.2) is 42.0 Å². The average Bonchev–Trinajstić information content (AvgIpc) is 2.57. The van der Waals surface area contributed by atoms with E-state index >= 15 is 0 Å². The summed E-state index contributed by atoms with van der Waals surface area (Å²) in [4.78, 5) is 22.1.